The Kier molecular flexibility index (Phi) is 2.84. The molecule has 2 aliphatic carbocycles. The first kappa shape index (κ1) is 12.4. The van der Waals surface area contributed by atoms with Crippen LogP contribution in [0.25, 0.3) is 10.9 Å². The van der Waals surface area contributed by atoms with Crippen molar-refractivity contribution in [1.29, 1.82) is 0 Å². The van der Waals surface area contributed by atoms with E-state index in [4.69, 9.17) is 5.10 Å². The van der Waals surface area contributed by atoms with E-state index in [1.165, 1.54) is 48.8 Å². The minimum Gasteiger partial charge on any atom is -0.313 e. The summed E-state index contributed by atoms with van der Waals surface area (Å²) in [7, 11) is 0. The van der Waals surface area contributed by atoms with Gasteiger partial charge in [0.25, 0.3) is 0 Å². The van der Waals surface area contributed by atoms with Crippen LogP contribution in [0, 0.1) is 5.41 Å². The van der Waals surface area contributed by atoms with Crippen LogP contribution in [0.5, 0.6) is 0 Å². The van der Waals surface area contributed by atoms with E-state index in [1.54, 1.807) is 0 Å². The van der Waals surface area contributed by atoms with Crippen LogP contribution in [-0.2, 0) is 13.0 Å². The maximum atomic E-state index is 4.86. The molecule has 0 atom stereocenters. The lowest BCUT2D eigenvalue weighted by molar-refractivity contribution is 0.447. The lowest BCUT2D eigenvalue weighted by Crippen LogP contribution is -2.27. The zero-order chi connectivity index (χ0) is 13.6. The zero-order valence-corrected chi connectivity index (χ0v) is 12.2. The van der Waals surface area contributed by atoms with Crippen LogP contribution in [0.2, 0.25) is 0 Å². The Morgan fingerprint density at radius 2 is 2.10 bits per heavy atom. The van der Waals surface area contributed by atoms with Crippen LogP contribution in [0.4, 0.5) is 0 Å². The molecule has 2 saturated carbocycles. The second kappa shape index (κ2) is 4.59. The van der Waals surface area contributed by atoms with E-state index in [9.17, 15) is 0 Å². The summed E-state index contributed by atoms with van der Waals surface area (Å²) in [6.07, 6.45) is 6.62. The maximum Gasteiger partial charge on any atom is 0.0709 e. The molecule has 1 N–H and O–H groups in total. The molecule has 3 heteroatoms. The second-order valence-electron chi connectivity index (χ2n) is 6.61. The van der Waals surface area contributed by atoms with E-state index in [-0.39, 0.29) is 0 Å². The quantitative estimate of drug-likeness (QED) is 0.873. The average molecular weight is 269 g/mol. The van der Waals surface area contributed by atoms with Gasteiger partial charge in [-0.3, -0.25) is 4.68 Å². The highest BCUT2D eigenvalue weighted by molar-refractivity contribution is 5.82. The Labute approximate surface area is 120 Å². The number of aryl methyl sites for hydroxylation is 1. The normalized spacial score (nSPS) is 20.4. The molecule has 3 nitrogen and oxygen atoms in total. The molecular formula is C17H23N3. The zero-order valence-electron chi connectivity index (χ0n) is 12.2. The number of hydrogen-bond acceptors (Lipinski definition) is 2. The van der Waals surface area contributed by atoms with Crippen LogP contribution >= 0.6 is 0 Å². The molecule has 1 aromatic carbocycles. The van der Waals surface area contributed by atoms with Crippen LogP contribution in [0.3, 0.4) is 0 Å². The highest BCUT2D eigenvalue weighted by atomic mass is 15.3. The molecule has 1 heterocycles. The molecular weight excluding hydrogens is 246 g/mol. The van der Waals surface area contributed by atoms with Gasteiger partial charge < -0.3 is 5.32 Å². The van der Waals surface area contributed by atoms with Crippen molar-refractivity contribution in [3.05, 3.63) is 30.0 Å². The summed E-state index contributed by atoms with van der Waals surface area (Å²) in [6, 6.07) is 9.49. The summed E-state index contributed by atoms with van der Waals surface area (Å²) in [5.74, 6) is 0. The molecule has 0 spiro atoms. The minimum absolute atomic E-state index is 0.498. The summed E-state index contributed by atoms with van der Waals surface area (Å²) in [5, 5.41) is 9.93. The van der Waals surface area contributed by atoms with Crippen molar-refractivity contribution in [2.75, 3.05) is 6.54 Å². The van der Waals surface area contributed by atoms with E-state index < -0.39 is 0 Å². The molecule has 2 aromatic rings. The van der Waals surface area contributed by atoms with Gasteiger partial charge in [0.2, 0.25) is 0 Å². The van der Waals surface area contributed by atoms with Crippen molar-refractivity contribution in [2.45, 2.75) is 51.6 Å². The number of nitrogens with one attached hydrogen (secondary N) is 1. The Balaban J connectivity index is 1.58. The summed E-state index contributed by atoms with van der Waals surface area (Å²) < 4.78 is 2.15. The van der Waals surface area contributed by atoms with Crippen molar-refractivity contribution in [2.24, 2.45) is 5.41 Å². The predicted molar refractivity (Wildman–Crippen MR) is 81.8 cm³/mol. The SMILES string of the molecule is CCn1nc(CC2(CNC3CC3)CC2)c2ccccc21. The lowest BCUT2D eigenvalue weighted by Gasteiger charge is -2.14. The fraction of sp³-hybridized carbons (Fsp3) is 0.588. The van der Waals surface area contributed by atoms with Crippen molar-refractivity contribution in [1.82, 2.24) is 15.1 Å². The van der Waals surface area contributed by atoms with Gasteiger partial charge in [0.15, 0.2) is 0 Å². The van der Waals surface area contributed by atoms with Crippen LogP contribution in [0.15, 0.2) is 24.3 Å². The van der Waals surface area contributed by atoms with Crippen LogP contribution in [-0.4, -0.2) is 22.4 Å². The van der Waals surface area contributed by atoms with Crippen LogP contribution < -0.4 is 5.32 Å². The summed E-state index contributed by atoms with van der Waals surface area (Å²) in [5.41, 5.74) is 3.09. The van der Waals surface area contributed by atoms with Gasteiger partial charge in [-0.05, 0) is 50.5 Å². The fourth-order valence-corrected chi connectivity index (χ4v) is 3.16. The molecule has 20 heavy (non-hydrogen) atoms. The number of nitrogens with zero attached hydrogens (tertiary/aromatic N) is 2. The average Bonchev–Trinajstić information content (AvgIpc) is 3.38. The van der Waals surface area contributed by atoms with Gasteiger partial charge in [-0.15, -0.1) is 0 Å². The van der Waals surface area contributed by atoms with Crippen molar-refractivity contribution >= 4 is 10.9 Å². The molecule has 0 aliphatic heterocycles. The van der Waals surface area contributed by atoms with Gasteiger partial charge in [-0.2, -0.15) is 5.10 Å². The smallest absolute Gasteiger partial charge is 0.0709 e. The highest BCUT2D eigenvalue weighted by Crippen LogP contribution is 2.48. The lowest BCUT2D eigenvalue weighted by atomic mass is 9.98. The molecule has 0 unspecified atom stereocenters. The third kappa shape index (κ3) is 2.24. The molecule has 4 rings (SSSR count). The van der Waals surface area contributed by atoms with Crippen molar-refractivity contribution in [3.8, 4) is 0 Å². The summed E-state index contributed by atoms with van der Waals surface area (Å²) in [4.78, 5) is 0. The molecule has 2 aliphatic rings. The van der Waals surface area contributed by atoms with E-state index >= 15 is 0 Å². The molecule has 0 saturated heterocycles. The Bertz CT molecular complexity index is 620. The van der Waals surface area contributed by atoms with Gasteiger partial charge in [0.1, 0.15) is 0 Å². The number of benzene rings is 1. The number of rotatable bonds is 6. The van der Waals surface area contributed by atoms with Gasteiger partial charge in [-0.1, -0.05) is 18.2 Å². The Morgan fingerprint density at radius 1 is 1.30 bits per heavy atom. The van der Waals surface area contributed by atoms with Crippen molar-refractivity contribution in [3.63, 3.8) is 0 Å². The fourth-order valence-electron chi connectivity index (χ4n) is 3.16. The van der Waals surface area contributed by atoms with E-state index in [1.807, 2.05) is 0 Å². The standard InChI is InChI=1S/C17H23N3/c1-2-20-16-6-4-3-5-14(16)15(19-20)11-17(9-10-17)12-18-13-7-8-13/h3-6,13,18H,2,7-12H2,1H3. The molecule has 0 bridgehead atoms. The second-order valence-corrected chi connectivity index (χ2v) is 6.61. The van der Waals surface area contributed by atoms with Gasteiger partial charge in [0.05, 0.1) is 11.2 Å². The van der Waals surface area contributed by atoms with Gasteiger partial charge >= 0.3 is 0 Å². The van der Waals surface area contributed by atoms with Gasteiger partial charge in [-0.25, -0.2) is 0 Å². The maximum absolute atomic E-state index is 4.86. The predicted octanol–water partition coefficient (Wildman–Crippen LogP) is 3.13. The monoisotopic (exact) mass is 269 g/mol. The molecule has 0 amide bonds. The highest BCUT2D eigenvalue weighted by Gasteiger charge is 2.44. The van der Waals surface area contributed by atoms with Gasteiger partial charge in [0, 0.05) is 24.5 Å². The van der Waals surface area contributed by atoms with E-state index in [0.717, 1.165) is 19.0 Å². The molecule has 1 aromatic heterocycles. The topological polar surface area (TPSA) is 29.9 Å². The summed E-state index contributed by atoms with van der Waals surface area (Å²) >= 11 is 0. The third-order valence-corrected chi connectivity index (χ3v) is 4.88. The molecule has 0 radical (unpaired) electrons. The first-order valence-electron chi connectivity index (χ1n) is 7.97. The number of aromatic nitrogens is 2. The molecule has 2 fully saturated rings. The first-order chi connectivity index (χ1) is 9.80. The van der Waals surface area contributed by atoms with E-state index in [0.29, 0.717) is 5.41 Å². The Morgan fingerprint density at radius 3 is 2.80 bits per heavy atom. The molecule has 106 valence electrons. The largest absolute Gasteiger partial charge is 0.313 e. The summed E-state index contributed by atoms with van der Waals surface area (Å²) in [6.45, 7) is 4.31. The minimum atomic E-state index is 0.498. The number of fused-ring (bicyclic) bond motifs is 1. The number of hydrogen-bond donors (Lipinski definition) is 1. The Hall–Kier alpha value is -1.35. The third-order valence-electron chi connectivity index (χ3n) is 4.88. The van der Waals surface area contributed by atoms with Crippen LogP contribution in [0.1, 0.15) is 38.3 Å². The van der Waals surface area contributed by atoms with Crippen molar-refractivity contribution < 1.29 is 0 Å². The first-order valence-corrected chi connectivity index (χ1v) is 7.97. The van der Waals surface area contributed by atoms with E-state index in [2.05, 4.69) is 41.2 Å². The number of para-hydroxylation sites is 1.